The van der Waals surface area contributed by atoms with Gasteiger partial charge in [0.25, 0.3) is 5.91 Å². The number of sulfone groups is 1. The highest BCUT2D eigenvalue weighted by Gasteiger charge is 2.26. The standard InChI is InChI=1S/C22H21N7O4S/c1-34(31,32)18-4-2-16(3-5-18)29-20-19(13-27-29)21(24-14-23-20)33-17-7-10-28(11-8-17)22(30)15-6-9-25-26-12-15/h2-6,9,12-14,17H,7-8,10-11H2,1H3. The minimum Gasteiger partial charge on any atom is -0.474 e. The molecule has 1 aromatic carbocycles. The molecular weight excluding hydrogens is 458 g/mol. The van der Waals surface area contributed by atoms with Crippen LogP contribution in [0.3, 0.4) is 0 Å². The van der Waals surface area contributed by atoms with Crippen LogP contribution < -0.4 is 4.74 Å². The number of likely N-dealkylation sites (tertiary alicyclic amines) is 1. The molecule has 1 saturated heterocycles. The lowest BCUT2D eigenvalue weighted by Gasteiger charge is -2.31. The fourth-order valence-electron chi connectivity index (χ4n) is 3.87. The van der Waals surface area contributed by atoms with Gasteiger partial charge in [0.1, 0.15) is 17.8 Å². The molecule has 0 unspecified atom stereocenters. The molecule has 5 rings (SSSR count). The summed E-state index contributed by atoms with van der Waals surface area (Å²) in [6, 6.07) is 8.08. The molecule has 0 bridgehead atoms. The number of aromatic nitrogens is 6. The molecule has 3 aromatic heterocycles. The highest BCUT2D eigenvalue weighted by atomic mass is 32.2. The first-order chi connectivity index (χ1) is 16.4. The van der Waals surface area contributed by atoms with Crippen molar-refractivity contribution >= 4 is 26.8 Å². The summed E-state index contributed by atoms with van der Waals surface area (Å²) in [4.78, 5) is 23.3. The van der Waals surface area contributed by atoms with Crippen molar-refractivity contribution in [1.29, 1.82) is 0 Å². The molecule has 174 valence electrons. The Bertz CT molecular complexity index is 1430. The summed E-state index contributed by atoms with van der Waals surface area (Å²) in [6.07, 6.45) is 8.40. The van der Waals surface area contributed by atoms with Gasteiger partial charge in [-0.15, -0.1) is 0 Å². The number of rotatable bonds is 5. The fraction of sp³-hybridized carbons (Fsp3) is 0.273. The number of fused-ring (bicyclic) bond motifs is 1. The molecule has 0 atom stereocenters. The molecule has 0 aliphatic carbocycles. The number of carbonyl (C=O) groups is 1. The predicted molar refractivity (Wildman–Crippen MR) is 121 cm³/mol. The molecule has 1 aliphatic heterocycles. The van der Waals surface area contributed by atoms with Crippen molar-refractivity contribution in [2.75, 3.05) is 19.3 Å². The van der Waals surface area contributed by atoms with E-state index in [0.717, 1.165) is 0 Å². The first-order valence-electron chi connectivity index (χ1n) is 10.6. The fourth-order valence-corrected chi connectivity index (χ4v) is 4.50. The molecule has 1 fully saturated rings. The van der Waals surface area contributed by atoms with Crippen molar-refractivity contribution in [1.82, 2.24) is 34.8 Å². The van der Waals surface area contributed by atoms with E-state index in [1.54, 1.807) is 34.0 Å². The molecule has 12 heteroatoms. The van der Waals surface area contributed by atoms with Gasteiger partial charge >= 0.3 is 0 Å². The van der Waals surface area contributed by atoms with E-state index >= 15 is 0 Å². The van der Waals surface area contributed by atoms with Gasteiger partial charge < -0.3 is 9.64 Å². The molecule has 1 amide bonds. The van der Waals surface area contributed by atoms with Crippen molar-refractivity contribution in [3.8, 4) is 11.6 Å². The van der Waals surface area contributed by atoms with E-state index in [9.17, 15) is 13.2 Å². The van der Waals surface area contributed by atoms with E-state index in [1.807, 2.05) is 0 Å². The zero-order valence-corrected chi connectivity index (χ0v) is 19.1. The van der Waals surface area contributed by atoms with Crippen LogP contribution in [-0.2, 0) is 9.84 Å². The summed E-state index contributed by atoms with van der Waals surface area (Å²) in [5, 5.41) is 12.5. The lowest BCUT2D eigenvalue weighted by atomic mass is 10.1. The Labute approximate surface area is 195 Å². The van der Waals surface area contributed by atoms with Crippen LogP contribution >= 0.6 is 0 Å². The normalized spacial score (nSPS) is 14.9. The average Bonchev–Trinajstić information content (AvgIpc) is 3.29. The monoisotopic (exact) mass is 479 g/mol. The largest absolute Gasteiger partial charge is 0.474 e. The summed E-state index contributed by atoms with van der Waals surface area (Å²) in [5.41, 5.74) is 1.74. The topological polar surface area (TPSA) is 133 Å². The Morgan fingerprint density at radius 3 is 2.47 bits per heavy atom. The summed E-state index contributed by atoms with van der Waals surface area (Å²) in [7, 11) is -3.28. The Morgan fingerprint density at radius 1 is 1.03 bits per heavy atom. The molecule has 4 aromatic rings. The van der Waals surface area contributed by atoms with Gasteiger partial charge in [0.15, 0.2) is 15.5 Å². The van der Waals surface area contributed by atoms with Gasteiger partial charge in [-0.1, -0.05) is 0 Å². The highest BCUT2D eigenvalue weighted by molar-refractivity contribution is 7.90. The maximum absolute atomic E-state index is 12.6. The van der Waals surface area contributed by atoms with E-state index in [4.69, 9.17) is 4.74 Å². The second-order valence-electron chi connectivity index (χ2n) is 7.98. The molecule has 0 N–H and O–H groups in total. The summed E-state index contributed by atoms with van der Waals surface area (Å²) in [6.45, 7) is 1.12. The van der Waals surface area contributed by atoms with Gasteiger partial charge in [-0.25, -0.2) is 23.1 Å². The molecule has 0 spiro atoms. The highest BCUT2D eigenvalue weighted by Crippen LogP contribution is 2.27. The van der Waals surface area contributed by atoms with Crippen LogP contribution in [0.15, 0.2) is 60.1 Å². The maximum Gasteiger partial charge on any atom is 0.255 e. The maximum atomic E-state index is 12.6. The van der Waals surface area contributed by atoms with Gasteiger partial charge in [0.05, 0.1) is 34.7 Å². The average molecular weight is 480 g/mol. The Kier molecular flexibility index (Phi) is 5.65. The summed E-state index contributed by atoms with van der Waals surface area (Å²) in [5.74, 6) is 0.355. The van der Waals surface area contributed by atoms with Gasteiger partial charge in [0.2, 0.25) is 5.88 Å². The number of hydrogen-bond acceptors (Lipinski definition) is 9. The van der Waals surface area contributed by atoms with Crippen molar-refractivity contribution in [3.63, 3.8) is 0 Å². The van der Waals surface area contributed by atoms with Crippen molar-refractivity contribution in [2.24, 2.45) is 0 Å². The first kappa shape index (κ1) is 21.9. The molecule has 11 nitrogen and oxygen atoms in total. The second-order valence-corrected chi connectivity index (χ2v) is 9.99. The first-order valence-corrected chi connectivity index (χ1v) is 12.5. The van der Waals surface area contributed by atoms with Crippen LogP contribution in [0.5, 0.6) is 5.88 Å². The predicted octanol–water partition coefficient (Wildman–Crippen LogP) is 1.69. The zero-order chi connectivity index (χ0) is 23.7. The number of benzene rings is 1. The molecule has 34 heavy (non-hydrogen) atoms. The third-order valence-electron chi connectivity index (χ3n) is 5.68. The minimum absolute atomic E-state index is 0.0686. The van der Waals surface area contributed by atoms with Crippen molar-refractivity contribution in [2.45, 2.75) is 23.8 Å². The van der Waals surface area contributed by atoms with Crippen molar-refractivity contribution < 1.29 is 17.9 Å². The second kappa shape index (κ2) is 8.78. The van der Waals surface area contributed by atoms with Gasteiger partial charge in [-0.3, -0.25) is 4.79 Å². The smallest absolute Gasteiger partial charge is 0.255 e. The van der Waals surface area contributed by atoms with Crippen LogP contribution in [0.2, 0.25) is 0 Å². The Balaban J connectivity index is 1.30. The number of ether oxygens (including phenoxy) is 1. The minimum atomic E-state index is -3.28. The number of carbonyl (C=O) groups excluding carboxylic acids is 1. The van der Waals surface area contributed by atoms with E-state index in [2.05, 4.69) is 25.3 Å². The quantitative estimate of drug-likeness (QED) is 0.419. The van der Waals surface area contributed by atoms with Gasteiger partial charge in [0, 0.05) is 32.2 Å². The molecule has 0 saturated carbocycles. The molecular formula is C22H21N7O4S. The number of hydrogen-bond donors (Lipinski definition) is 0. The van der Waals surface area contributed by atoms with Crippen molar-refractivity contribution in [3.05, 3.63) is 60.8 Å². The summed E-state index contributed by atoms with van der Waals surface area (Å²) >= 11 is 0. The Hall–Kier alpha value is -3.93. The van der Waals surface area contributed by atoms with Crippen LogP contribution in [-0.4, -0.2) is 74.6 Å². The van der Waals surface area contributed by atoms with Crippen LogP contribution in [0.1, 0.15) is 23.2 Å². The van der Waals surface area contributed by atoms with E-state index in [1.165, 1.54) is 37.1 Å². The summed E-state index contributed by atoms with van der Waals surface area (Å²) < 4.78 is 31.2. The van der Waals surface area contributed by atoms with Gasteiger partial charge in [-0.2, -0.15) is 15.3 Å². The zero-order valence-electron chi connectivity index (χ0n) is 18.3. The lowest BCUT2D eigenvalue weighted by molar-refractivity contribution is 0.0590. The Morgan fingerprint density at radius 2 is 1.79 bits per heavy atom. The van der Waals surface area contributed by atoms with E-state index in [-0.39, 0.29) is 16.9 Å². The number of piperidine rings is 1. The third-order valence-corrected chi connectivity index (χ3v) is 6.81. The van der Waals surface area contributed by atoms with Crippen LogP contribution in [0.4, 0.5) is 0 Å². The van der Waals surface area contributed by atoms with Crippen LogP contribution in [0.25, 0.3) is 16.7 Å². The molecule has 0 radical (unpaired) electrons. The van der Waals surface area contributed by atoms with E-state index < -0.39 is 9.84 Å². The third kappa shape index (κ3) is 4.31. The number of amides is 1. The van der Waals surface area contributed by atoms with E-state index in [0.29, 0.717) is 54.1 Å². The lowest BCUT2D eigenvalue weighted by Crippen LogP contribution is -2.41. The van der Waals surface area contributed by atoms with Crippen LogP contribution in [0, 0.1) is 0 Å². The SMILES string of the molecule is CS(=O)(=O)c1ccc(-n2ncc3c(OC4CCN(C(=O)c5ccnnc5)CC4)ncnc32)cc1. The molecule has 1 aliphatic rings. The number of nitrogens with zero attached hydrogens (tertiary/aromatic N) is 7. The molecule has 4 heterocycles. The van der Waals surface area contributed by atoms with Gasteiger partial charge in [-0.05, 0) is 30.3 Å².